The molecule has 0 saturated heterocycles. The molecule has 0 fully saturated rings. The van der Waals surface area contributed by atoms with E-state index >= 15 is 0 Å². The molecule has 0 amide bonds. The normalized spacial score (nSPS) is 13.5. The molecule has 0 aliphatic carbocycles. The smallest absolute Gasteiger partial charge is 0.271 e. The van der Waals surface area contributed by atoms with E-state index in [-0.39, 0.29) is 6.04 Å². The van der Waals surface area contributed by atoms with Gasteiger partial charge in [-0.3, -0.25) is 11.3 Å². The molecule has 94 valence electrons. The van der Waals surface area contributed by atoms with Gasteiger partial charge in [0.25, 0.3) is 0 Å². The first kappa shape index (κ1) is 13.7. The van der Waals surface area contributed by atoms with Crippen LogP contribution in [0.5, 0.6) is 0 Å². The van der Waals surface area contributed by atoms with Crippen LogP contribution >= 0.6 is 0 Å². The maximum absolute atomic E-state index is 12.5. The molecule has 5 heteroatoms. The molecule has 0 aliphatic heterocycles. The molecule has 3 N–H and O–H groups in total. The van der Waals surface area contributed by atoms with Crippen LogP contribution in [0.25, 0.3) is 0 Å². The Bertz CT molecular complexity index is 399. The number of rotatable bonds is 4. The Hall–Kier alpha value is -1.33. The first-order valence-corrected chi connectivity index (χ1v) is 5.15. The molecule has 2 nitrogen and oxygen atoms in total. The van der Waals surface area contributed by atoms with Gasteiger partial charge in [0, 0.05) is 6.04 Å². The quantitative estimate of drug-likeness (QED) is 0.485. The fourth-order valence-electron chi connectivity index (χ4n) is 1.69. The van der Waals surface area contributed by atoms with E-state index in [2.05, 4.69) is 12.0 Å². The molecule has 0 radical (unpaired) electrons. The highest BCUT2D eigenvalue weighted by molar-refractivity contribution is 5.34. The van der Waals surface area contributed by atoms with Crippen LogP contribution < -0.4 is 11.3 Å². The van der Waals surface area contributed by atoms with Crippen molar-refractivity contribution in [3.8, 4) is 0 Å². The number of nitrogens with two attached hydrogens (primary N) is 1. The topological polar surface area (TPSA) is 38.0 Å². The fraction of sp³-hybridized carbons (Fsp3) is 0.333. The van der Waals surface area contributed by atoms with E-state index in [1.54, 1.807) is 13.0 Å². The van der Waals surface area contributed by atoms with Crippen LogP contribution in [0.3, 0.4) is 0 Å². The Balaban J connectivity index is 3.08. The lowest BCUT2D eigenvalue weighted by atomic mass is 9.97. The number of benzene rings is 1. The van der Waals surface area contributed by atoms with Crippen molar-refractivity contribution in [1.82, 2.24) is 5.43 Å². The van der Waals surface area contributed by atoms with Crippen molar-refractivity contribution < 1.29 is 13.2 Å². The number of hydrazine groups is 1. The lowest BCUT2D eigenvalue weighted by Gasteiger charge is -2.18. The van der Waals surface area contributed by atoms with Gasteiger partial charge in [0.05, 0.1) is 5.56 Å². The Morgan fingerprint density at radius 3 is 2.53 bits per heavy atom. The number of alkyl halides is 3. The highest BCUT2D eigenvalue weighted by Gasteiger charge is 2.30. The van der Waals surface area contributed by atoms with E-state index in [4.69, 9.17) is 5.84 Å². The predicted octanol–water partition coefficient (Wildman–Crippen LogP) is 3.09. The summed E-state index contributed by atoms with van der Waals surface area (Å²) < 4.78 is 37.4. The molecule has 1 unspecified atom stereocenters. The number of aryl methyl sites for hydroxylation is 1. The minimum absolute atomic E-state index is 0.213. The van der Waals surface area contributed by atoms with Gasteiger partial charge >= 0.3 is 6.18 Å². The second-order valence-electron chi connectivity index (χ2n) is 3.81. The molecule has 0 heterocycles. The zero-order valence-corrected chi connectivity index (χ0v) is 9.51. The van der Waals surface area contributed by atoms with Crippen molar-refractivity contribution in [2.75, 3.05) is 0 Å². The van der Waals surface area contributed by atoms with Crippen molar-refractivity contribution in [3.63, 3.8) is 0 Å². The van der Waals surface area contributed by atoms with Gasteiger partial charge in [0.2, 0.25) is 0 Å². The van der Waals surface area contributed by atoms with Crippen LogP contribution in [0.2, 0.25) is 0 Å². The van der Waals surface area contributed by atoms with Crippen LogP contribution in [0, 0.1) is 6.92 Å². The van der Waals surface area contributed by atoms with E-state index in [9.17, 15) is 13.2 Å². The monoisotopic (exact) mass is 244 g/mol. The lowest BCUT2D eigenvalue weighted by Crippen LogP contribution is -2.28. The van der Waals surface area contributed by atoms with E-state index in [0.29, 0.717) is 12.0 Å². The average Bonchev–Trinajstić information content (AvgIpc) is 2.25. The van der Waals surface area contributed by atoms with Gasteiger partial charge in [-0.05, 0) is 36.6 Å². The first-order valence-electron chi connectivity index (χ1n) is 5.15. The van der Waals surface area contributed by atoms with Crippen LogP contribution in [0.1, 0.15) is 29.2 Å². The van der Waals surface area contributed by atoms with Gasteiger partial charge < -0.3 is 0 Å². The number of hydrogen-bond acceptors (Lipinski definition) is 2. The average molecular weight is 244 g/mol. The fourth-order valence-corrected chi connectivity index (χ4v) is 1.69. The highest BCUT2D eigenvalue weighted by atomic mass is 19.4. The highest BCUT2D eigenvalue weighted by Crippen LogP contribution is 2.32. The van der Waals surface area contributed by atoms with Gasteiger partial charge in [0.1, 0.15) is 0 Å². The SMILES string of the molecule is C=CCC(NN)c1ccc(C(F)(F)F)cc1C. The third-order valence-corrected chi connectivity index (χ3v) is 2.58. The second-order valence-corrected chi connectivity index (χ2v) is 3.81. The summed E-state index contributed by atoms with van der Waals surface area (Å²) in [4.78, 5) is 0. The Labute approximate surface area is 98.3 Å². The van der Waals surface area contributed by atoms with Crippen molar-refractivity contribution in [2.45, 2.75) is 25.6 Å². The molecule has 0 saturated carbocycles. The van der Waals surface area contributed by atoms with Crippen LogP contribution in [-0.4, -0.2) is 0 Å². The first-order chi connectivity index (χ1) is 7.90. The van der Waals surface area contributed by atoms with E-state index in [1.807, 2.05) is 0 Å². The maximum atomic E-state index is 12.5. The van der Waals surface area contributed by atoms with Gasteiger partial charge in [-0.2, -0.15) is 13.2 Å². The lowest BCUT2D eigenvalue weighted by molar-refractivity contribution is -0.137. The van der Waals surface area contributed by atoms with Crippen LogP contribution in [0.15, 0.2) is 30.9 Å². The largest absolute Gasteiger partial charge is 0.416 e. The summed E-state index contributed by atoms with van der Waals surface area (Å²) in [5.74, 6) is 5.36. The van der Waals surface area contributed by atoms with E-state index in [0.717, 1.165) is 17.7 Å². The second kappa shape index (κ2) is 5.33. The summed E-state index contributed by atoms with van der Waals surface area (Å²) in [6.07, 6.45) is -2.09. The van der Waals surface area contributed by atoms with Crippen LogP contribution in [-0.2, 0) is 6.18 Å². The molecule has 0 aromatic heterocycles. The Morgan fingerprint density at radius 2 is 2.12 bits per heavy atom. The molecule has 17 heavy (non-hydrogen) atoms. The van der Waals surface area contributed by atoms with Crippen molar-refractivity contribution in [2.24, 2.45) is 5.84 Å². The van der Waals surface area contributed by atoms with Gasteiger partial charge in [-0.1, -0.05) is 12.1 Å². The molecule has 0 bridgehead atoms. The van der Waals surface area contributed by atoms with Gasteiger partial charge in [0.15, 0.2) is 0 Å². The van der Waals surface area contributed by atoms with Crippen molar-refractivity contribution in [3.05, 3.63) is 47.5 Å². The Morgan fingerprint density at radius 1 is 1.47 bits per heavy atom. The molecule has 1 rings (SSSR count). The zero-order chi connectivity index (χ0) is 13.1. The van der Waals surface area contributed by atoms with Crippen molar-refractivity contribution >= 4 is 0 Å². The summed E-state index contributed by atoms with van der Waals surface area (Å²) in [7, 11) is 0. The Kier molecular flexibility index (Phi) is 4.31. The number of halogens is 3. The third-order valence-electron chi connectivity index (χ3n) is 2.58. The van der Waals surface area contributed by atoms with Gasteiger partial charge in [-0.25, -0.2) is 0 Å². The molecule has 1 aromatic carbocycles. The van der Waals surface area contributed by atoms with E-state index < -0.39 is 11.7 Å². The molecule has 1 atom stereocenters. The molecule has 0 aliphatic rings. The summed E-state index contributed by atoms with van der Waals surface area (Å²) in [6.45, 7) is 5.22. The van der Waals surface area contributed by atoms with Crippen molar-refractivity contribution in [1.29, 1.82) is 0 Å². The minimum Gasteiger partial charge on any atom is -0.271 e. The standard InChI is InChI=1S/C12H15F3N2/c1-3-4-11(17-16)10-6-5-9(7-8(10)2)12(13,14)15/h3,5-7,11,17H,1,4,16H2,2H3. The molecular weight excluding hydrogens is 229 g/mol. The van der Waals surface area contributed by atoms with Gasteiger partial charge in [-0.15, -0.1) is 6.58 Å². The maximum Gasteiger partial charge on any atom is 0.416 e. The summed E-state index contributed by atoms with van der Waals surface area (Å²) >= 11 is 0. The predicted molar refractivity (Wildman–Crippen MR) is 61.1 cm³/mol. The summed E-state index contributed by atoms with van der Waals surface area (Å²) in [5.41, 5.74) is 3.23. The third kappa shape index (κ3) is 3.31. The molecule has 0 spiro atoms. The summed E-state index contributed by atoms with van der Waals surface area (Å²) in [6, 6.07) is 3.43. The number of nitrogens with one attached hydrogen (secondary N) is 1. The summed E-state index contributed by atoms with van der Waals surface area (Å²) in [5, 5.41) is 0. The number of hydrogen-bond donors (Lipinski definition) is 2. The molecule has 1 aromatic rings. The minimum atomic E-state index is -4.31. The van der Waals surface area contributed by atoms with Crippen LogP contribution in [0.4, 0.5) is 13.2 Å². The zero-order valence-electron chi connectivity index (χ0n) is 9.51. The van der Waals surface area contributed by atoms with E-state index in [1.165, 1.54) is 6.07 Å². The molecular formula is C12H15F3N2.